The highest BCUT2D eigenvalue weighted by Crippen LogP contribution is 2.52. The Balaban J connectivity index is 1.50. The Morgan fingerprint density at radius 3 is 2.29 bits per heavy atom. The molecule has 0 saturated carbocycles. The van der Waals surface area contributed by atoms with Gasteiger partial charge in [0.05, 0.1) is 17.1 Å². The number of para-hydroxylation sites is 1. The van der Waals surface area contributed by atoms with Crippen LogP contribution in [-0.2, 0) is 5.41 Å². The minimum atomic E-state index is -0.140. The summed E-state index contributed by atoms with van der Waals surface area (Å²) >= 11 is 0. The van der Waals surface area contributed by atoms with E-state index >= 15 is 0 Å². The molecular weight excluding hydrogens is 416 g/mol. The van der Waals surface area contributed by atoms with Gasteiger partial charge in [-0.25, -0.2) is 4.99 Å². The first-order chi connectivity index (χ1) is 16.6. The van der Waals surface area contributed by atoms with Crippen LogP contribution in [0.3, 0.4) is 0 Å². The number of amidine groups is 1. The molecule has 2 aliphatic heterocycles. The van der Waals surface area contributed by atoms with Gasteiger partial charge in [-0.05, 0) is 65.7 Å². The van der Waals surface area contributed by atoms with Crippen molar-refractivity contribution >= 4 is 29.1 Å². The van der Waals surface area contributed by atoms with E-state index in [1.165, 1.54) is 22.5 Å². The lowest BCUT2D eigenvalue weighted by molar-refractivity contribution is 0.632. The lowest BCUT2D eigenvalue weighted by Crippen LogP contribution is -2.30. The zero-order chi connectivity index (χ0) is 23.1. The van der Waals surface area contributed by atoms with Crippen molar-refractivity contribution in [2.24, 2.45) is 9.98 Å². The molecule has 1 aromatic heterocycles. The molecule has 0 atom stereocenters. The summed E-state index contributed by atoms with van der Waals surface area (Å²) in [5, 5.41) is 0. The average molecular weight is 443 g/mol. The van der Waals surface area contributed by atoms with Gasteiger partial charge in [0.2, 0.25) is 0 Å². The fourth-order valence-electron chi connectivity index (χ4n) is 5.02. The molecule has 3 heterocycles. The molecule has 0 spiro atoms. The molecule has 4 aromatic rings. The van der Waals surface area contributed by atoms with Crippen molar-refractivity contribution < 1.29 is 0 Å². The third-order valence-electron chi connectivity index (χ3n) is 6.81. The van der Waals surface area contributed by atoms with Crippen LogP contribution in [0.25, 0.3) is 11.3 Å². The summed E-state index contributed by atoms with van der Waals surface area (Å²) in [7, 11) is 0. The molecule has 0 radical (unpaired) electrons. The molecule has 0 saturated heterocycles. The second-order valence-corrected chi connectivity index (χ2v) is 9.28. The summed E-state index contributed by atoms with van der Waals surface area (Å²) in [5.74, 6) is 0.818. The molecule has 0 amide bonds. The highest BCUT2D eigenvalue weighted by atomic mass is 15.2. The zero-order valence-electron chi connectivity index (χ0n) is 19.4. The van der Waals surface area contributed by atoms with Gasteiger partial charge in [-0.2, -0.15) is 0 Å². The number of hydrogen-bond acceptors (Lipinski definition) is 4. The molecule has 0 aliphatic carbocycles. The van der Waals surface area contributed by atoms with Crippen LogP contribution in [0.5, 0.6) is 0 Å². The Kier molecular flexibility index (Phi) is 4.88. The zero-order valence-corrected chi connectivity index (χ0v) is 19.4. The summed E-state index contributed by atoms with van der Waals surface area (Å²) in [4.78, 5) is 16.0. The van der Waals surface area contributed by atoms with E-state index in [2.05, 4.69) is 107 Å². The van der Waals surface area contributed by atoms with Gasteiger partial charge in [-0.1, -0.05) is 44.2 Å². The van der Waals surface area contributed by atoms with E-state index in [1.54, 1.807) is 0 Å². The quantitative estimate of drug-likeness (QED) is 0.340. The minimum Gasteiger partial charge on any atom is -0.310 e. The number of anilines is 3. The molecule has 166 valence electrons. The second kappa shape index (κ2) is 8.07. The summed E-state index contributed by atoms with van der Waals surface area (Å²) in [5.41, 5.74) is 9.18. The van der Waals surface area contributed by atoms with Crippen molar-refractivity contribution in [2.75, 3.05) is 11.4 Å². The summed E-state index contributed by atoms with van der Waals surface area (Å²) < 4.78 is 0. The van der Waals surface area contributed by atoms with E-state index in [0.717, 1.165) is 41.3 Å². The Labute approximate surface area is 200 Å². The van der Waals surface area contributed by atoms with Crippen LogP contribution in [0, 0.1) is 0 Å². The maximum atomic E-state index is 4.58. The number of nitrogens with zero attached hydrogens (tertiary/aromatic N) is 4. The number of aliphatic imine (C=N–C) groups is 2. The van der Waals surface area contributed by atoms with Gasteiger partial charge in [-0.3, -0.25) is 9.98 Å². The molecule has 0 N–H and O–H groups in total. The molecule has 3 aromatic carbocycles. The van der Waals surface area contributed by atoms with Gasteiger partial charge >= 0.3 is 0 Å². The van der Waals surface area contributed by atoms with Gasteiger partial charge in [0.1, 0.15) is 0 Å². The molecule has 34 heavy (non-hydrogen) atoms. The minimum absolute atomic E-state index is 0.140. The maximum Gasteiger partial charge on any atom is 0.154 e. The van der Waals surface area contributed by atoms with Crippen LogP contribution >= 0.6 is 0 Å². The van der Waals surface area contributed by atoms with E-state index in [-0.39, 0.29) is 5.41 Å². The first-order valence-corrected chi connectivity index (χ1v) is 11.8. The molecule has 0 fully saturated rings. The van der Waals surface area contributed by atoms with E-state index in [4.69, 9.17) is 0 Å². The number of pyridine rings is 1. The molecular formula is C30H26N4. The third-order valence-corrected chi connectivity index (χ3v) is 6.81. The van der Waals surface area contributed by atoms with Crippen LogP contribution in [0.4, 0.5) is 17.1 Å². The maximum absolute atomic E-state index is 4.58. The van der Waals surface area contributed by atoms with Crippen molar-refractivity contribution in [1.29, 1.82) is 0 Å². The van der Waals surface area contributed by atoms with Crippen molar-refractivity contribution in [1.82, 2.24) is 4.98 Å². The lowest BCUT2D eigenvalue weighted by Gasteiger charge is -2.42. The summed E-state index contributed by atoms with van der Waals surface area (Å²) in [6, 6.07) is 30.1. The van der Waals surface area contributed by atoms with Gasteiger partial charge in [-0.15, -0.1) is 0 Å². The summed E-state index contributed by atoms with van der Waals surface area (Å²) in [6.45, 7) is 5.43. The Hall–Kier alpha value is -4.05. The number of fused-ring (bicyclic) bond motifs is 2. The first kappa shape index (κ1) is 20.5. The van der Waals surface area contributed by atoms with E-state index in [9.17, 15) is 0 Å². The number of aromatic nitrogens is 1. The van der Waals surface area contributed by atoms with Crippen LogP contribution in [-0.4, -0.2) is 23.6 Å². The molecule has 0 bridgehead atoms. The molecule has 2 aliphatic rings. The average Bonchev–Trinajstić information content (AvgIpc) is 2.90. The fourth-order valence-corrected chi connectivity index (χ4v) is 5.02. The fraction of sp³-hybridized carbons (Fsp3) is 0.167. The van der Waals surface area contributed by atoms with Crippen LogP contribution in [0.15, 0.2) is 101 Å². The largest absolute Gasteiger partial charge is 0.310 e. The predicted octanol–water partition coefficient (Wildman–Crippen LogP) is 7.08. The molecule has 0 unspecified atom stereocenters. The molecule has 4 nitrogen and oxygen atoms in total. The van der Waals surface area contributed by atoms with Gasteiger partial charge in [0.15, 0.2) is 5.84 Å². The topological polar surface area (TPSA) is 40.9 Å². The normalized spacial score (nSPS) is 15.9. The number of hydrogen-bond donors (Lipinski definition) is 0. The number of benzene rings is 3. The van der Waals surface area contributed by atoms with Crippen LogP contribution in [0.2, 0.25) is 0 Å². The van der Waals surface area contributed by atoms with Crippen LogP contribution in [0.1, 0.15) is 37.0 Å². The van der Waals surface area contributed by atoms with E-state index in [1.807, 2.05) is 24.5 Å². The van der Waals surface area contributed by atoms with E-state index in [0.29, 0.717) is 0 Å². The van der Waals surface area contributed by atoms with Gasteiger partial charge < -0.3 is 4.90 Å². The number of rotatable bonds is 3. The van der Waals surface area contributed by atoms with Gasteiger partial charge in [0, 0.05) is 47.6 Å². The highest BCUT2D eigenvalue weighted by Gasteiger charge is 2.37. The predicted molar refractivity (Wildman–Crippen MR) is 141 cm³/mol. The van der Waals surface area contributed by atoms with Gasteiger partial charge in [0.25, 0.3) is 0 Å². The Morgan fingerprint density at radius 2 is 1.53 bits per heavy atom. The Bertz CT molecular complexity index is 1420. The lowest BCUT2D eigenvalue weighted by atomic mass is 9.73. The summed E-state index contributed by atoms with van der Waals surface area (Å²) in [6.07, 6.45) is 4.72. The van der Waals surface area contributed by atoms with Crippen molar-refractivity contribution in [2.45, 2.75) is 25.7 Å². The molecule has 6 rings (SSSR count). The standard InChI is InChI=1S/C30H26N4/c1-30(2)24-8-3-4-10-27(24)34(23-14-11-21(12-15-23)29-32-18-7-19-33-29)28-16-13-22(20-25(28)30)26-9-5-6-17-31-26/h3-6,8-18,20H,7,19H2,1-2H3. The van der Waals surface area contributed by atoms with Crippen LogP contribution < -0.4 is 4.90 Å². The van der Waals surface area contributed by atoms with Crippen molar-refractivity contribution in [3.05, 3.63) is 108 Å². The Morgan fingerprint density at radius 1 is 0.765 bits per heavy atom. The third kappa shape index (κ3) is 3.34. The second-order valence-electron chi connectivity index (χ2n) is 9.28. The van der Waals surface area contributed by atoms with Crippen molar-refractivity contribution in [3.63, 3.8) is 0 Å². The monoisotopic (exact) mass is 442 g/mol. The first-order valence-electron chi connectivity index (χ1n) is 11.8. The van der Waals surface area contributed by atoms with E-state index < -0.39 is 0 Å². The highest BCUT2D eigenvalue weighted by molar-refractivity contribution is 6.04. The van der Waals surface area contributed by atoms with Crippen molar-refractivity contribution in [3.8, 4) is 11.3 Å². The SMILES string of the molecule is CC1(C)c2ccccc2N(c2ccc(C3=NCCC=N3)cc2)c2ccc(-c3ccccn3)cc21. The molecule has 4 heteroatoms. The smallest absolute Gasteiger partial charge is 0.154 e.